The zero-order valence-electron chi connectivity index (χ0n) is 18.5. The number of hydrogen-bond acceptors (Lipinski definition) is 5. The molecular weight excluding hydrogens is 427 g/mol. The van der Waals surface area contributed by atoms with Crippen molar-refractivity contribution < 1.29 is 37.3 Å². The van der Waals surface area contributed by atoms with Gasteiger partial charge >= 0.3 is 12.1 Å². The van der Waals surface area contributed by atoms with Crippen LogP contribution in [0.3, 0.4) is 0 Å². The van der Waals surface area contributed by atoms with Gasteiger partial charge in [0.1, 0.15) is 29.3 Å². The van der Waals surface area contributed by atoms with Crippen LogP contribution < -0.4 is 9.64 Å². The van der Waals surface area contributed by atoms with Crippen molar-refractivity contribution in [2.75, 3.05) is 11.9 Å². The molecule has 0 aromatic heterocycles. The Balaban J connectivity index is 2.32. The van der Waals surface area contributed by atoms with Crippen LogP contribution in [0.15, 0.2) is 36.4 Å². The van der Waals surface area contributed by atoms with E-state index in [1.54, 1.807) is 59.0 Å². The van der Waals surface area contributed by atoms with E-state index >= 15 is 0 Å². The minimum atomic E-state index is -4.85. The Hall–Kier alpha value is -3.23. The average molecular weight is 453 g/mol. The molecule has 1 amide bonds. The monoisotopic (exact) mass is 453 g/mol. The van der Waals surface area contributed by atoms with Crippen molar-refractivity contribution in [1.29, 1.82) is 0 Å². The molecule has 0 atom stereocenters. The number of aromatic hydroxyl groups is 1. The molecule has 0 radical (unpaired) electrons. The lowest BCUT2D eigenvalue weighted by atomic mass is 10.0. The molecule has 6 nitrogen and oxygen atoms in total. The van der Waals surface area contributed by atoms with Crippen molar-refractivity contribution in [3.05, 3.63) is 53.1 Å². The van der Waals surface area contributed by atoms with E-state index in [2.05, 4.69) is 0 Å². The summed E-state index contributed by atoms with van der Waals surface area (Å²) >= 11 is 0. The molecule has 174 valence electrons. The van der Waals surface area contributed by atoms with Gasteiger partial charge in [0.15, 0.2) is 0 Å². The van der Waals surface area contributed by atoms with Gasteiger partial charge in [0.2, 0.25) is 5.91 Å². The lowest BCUT2D eigenvalue weighted by Gasteiger charge is -2.22. The summed E-state index contributed by atoms with van der Waals surface area (Å²) < 4.78 is 50.5. The van der Waals surface area contributed by atoms with E-state index in [0.717, 1.165) is 6.07 Å². The summed E-state index contributed by atoms with van der Waals surface area (Å²) in [5.74, 6) is -2.00. The summed E-state index contributed by atoms with van der Waals surface area (Å²) in [4.78, 5) is 25.8. The van der Waals surface area contributed by atoms with Crippen molar-refractivity contribution in [1.82, 2.24) is 0 Å². The molecule has 0 bridgehead atoms. The molecule has 1 N–H and O–H groups in total. The molecule has 0 aliphatic heterocycles. The van der Waals surface area contributed by atoms with Crippen LogP contribution in [0.2, 0.25) is 0 Å². The summed E-state index contributed by atoms with van der Waals surface area (Å²) in [5, 5.41) is 10.2. The van der Waals surface area contributed by atoms with E-state index in [1.165, 1.54) is 4.90 Å². The van der Waals surface area contributed by atoms with Crippen LogP contribution in [0.1, 0.15) is 55.6 Å². The highest BCUT2D eigenvalue weighted by Gasteiger charge is 2.37. The molecule has 0 spiro atoms. The standard InChI is InChI=1S/C23H26F3NO5/c1-6-18(28)27(5)15-8-10-16(11-9-15)31-13-14-7-12-17(23(24,25)26)20(29)19(14)21(30)32-22(2,3)4/h7-12,29H,6,13H2,1-5H3. The number of carbonyl (C=O) groups excluding carboxylic acids is 2. The van der Waals surface area contributed by atoms with Gasteiger partial charge in [-0.3, -0.25) is 4.79 Å². The normalized spacial score (nSPS) is 11.8. The number of rotatable bonds is 6. The fourth-order valence-corrected chi connectivity index (χ4v) is 2.85. The van der Waals surface area contributed by atoms with Gasteiger partial charge in [0, 0.05) is 24.7 Å². The summed E-state index contributed by atoms with van der Waals surface area (Å²) in [6.45, 7) is 6.15. The second kappa shape index (κ2) is 9.50. The number of anilines is 1. The van der Waals surface area contributed by atoms with Crippen molar-refractivity contribution in [2.45, 2.75) is 52.5 Å². The topological polar surface area (TPSA) is 76.1 Å². The van der Waals surface area contributed by atoms with Crippen LogP contribution in [0.25, 0.3) is 0 Å². The first-order chi connectivity index (χ1) is 14.7. The third kappa shape index (κ3) is 6.15. The van der Waals surface area contributed by atoms with Crippen molar-refractivity contribution in [3.63, 3.8) is 0 Å². The number of esters is 1. The van der Waals surface area contributed by atoms with Gasteiger partial charge in [-0.2, -0.15) is 13.2 Å². The molecule has 2 rings (SSSR count). The van der Waals surface area contributed by atoms with E-state index < -0.39 is 34.6 Å². The lowest BCUT2D eigenvalue weighted by Crippen LogP contribution is -2.25. The first-order valence-electron chi connectivity index (χ1n) is 9.89. The second-order valence-electron chi connectivity index (χ2n) is 8.08. The quantitative estimate of drug-likeness (QED) is 0.600. The molecule has 0 heterocycles. The first-order valence-corrected chi connectivity index (χ1v) is 9.89. The Morgan fingerprint density at radius 3 is 2.12 bits per heavy atom. The second-order valence-corrected chi connectivity index (χ2v) is 8.08. The molecule has 0 saturated heterocycles. The number of phenolic OH excluding ortho intramolecular Hbond substituents is 1. The zero-order chi connectivity index (χ0) is 24.3. The molecule has 0 saturated carbocycles. The van der Waals surface area contributed by atoms with Crippen molar-refractivity contribution >= 4 is 17.6 Å². The maximum atomic E-state index is 13.2. The van der Waals surface area contributed by atoms with E-state index in [9.17, 15) is 27.9 Å². The molecule has 2 aromatic carbocycles. The number of benzene rings is 2. The van der Waals surface area contributed by atoms with Crippen LogP contribution in [-0.4, -0.2) is 29.6 Å². The summed E-state index contributed by atoms with van der Waals surface area (Å²) in [5.41, 5.74) is -2.24. The largest absolute Gasteiger partial charge is 0.506 e. The smallest absolute Gasteiger partial charge is 0.419 e. The first kappa shape index (κ1) is 25.0. The average Bonchev–Trinajstić information content (AvgIpc) is 2.69. The van der Waals surface area contributed by atoms with Crippen LogP contribution in [-0.2, 0) is 22.3 Å². The number of carbonyl (C=O) groups is 2. The van der Waals surface area contributed by atoms with Gasteiger partial charge < -0.3 is 19.5 Å². The fraction of sp³-hybridized carbons (Fsp3) is 0.391. The fourth-order valence-electron chi connectivity index (χ4n) is 2.85. The van der Waals surface area contributed by atoms with Gasteiger partial charge in [0.25, 0.3) is 0 Å². The molecular formula is C23H26F3NO5. The van der Waals surface area contributed by atoms with Crippen LogP contribution in [0.4, 0.5) is 18.9 Å². The molecule has 0 aliphatic rings. The third-order valence-electron chi connectivity index (χ3n) is 4.47. The molecule has 0 unspecified atom stereocenters. The Morgan fingerprint density at radius 1 is 1.03 bits per heavy atom. The molecule has 2 aromatic rings. The minimum Gasteiger partial charge on any atom is -0.506 e. The molecule has 32 heavy (non-hydrogen) atoms. The minimum absolute atomic E-state index is 0.0344. The maximum Gasteiger partial charge on any atom is 0.419 e. The van der Waals surface area contributed by atoms with Gasteiger partial charge in [-0.05, 0) is 51.1 Å². The molecule has 0 fully saturated rings. The van der Waals surface area contributed by atoms with Crippen molar-refractivity contribution in [3.8, 4) is 11.5 Å². The van der Waals surface area contributed by atoms with E-state index in [1.807, 2.05) is 0 Å². The van der Waals surface area contributed by atoms with Gasteiger partial charge in [-0.25, -0.2) is 4.79 Å². The number of halogens is 3. The molecule has 0 aliphatic carbocycles. The predicted octanol–water partition coefficient (Wildman–Crippen LogP) is 5.32. The van der Waals surface area contributed by atoms with E-state index in [0.29, 0.717) is 23.9 Å². The Labute approximate surface area is 184 Å². The highest BCUT2D eigenvalue weighted by Crippen LogP contribution is 2.39. The number of phenols is 1. The predicted molar refractivity (Wildman–Crippen MR) is 113 cm³/mol. The van der Waals surface area contributed by atoms with Gasteiger partial charge in [-0.15, -0.1) is 0 Å². The number of alkyl halides is 3. The highest BCUT2D eigenvalue weighted by molar-refractivity contribution is 5.95. The summed E-state index contributed by atoms with van der Waals surface area (Å²) in [6, 6.07) is 8.25. The summed E-state index contributed by atoms with van der Waals surface area (Å²) in [7, 11) is 1.64. The SMILES string of the molecule is CCC(=O)N(C)c1ccc(OCc2ccc(C(F)(F)F)c(O)c2C(=O)OC(C)(C)C)cc1. The van der Waals surface area contributed by atoms with E-state index in [4.69, 9.17) is 9.47 Å². The van der Waals surface area contributed by atoms with Crippen molar-refractivity contribution in [2.24, 2.45) is 0 Å². The van der Waals surface area contributed by atoms with Gasteiger partial charge in [0.05, 0.1) is 5.56 Å². The van der Waals surface area contributed by atoms with Crippen LogP contribution in [0, 0.1) is 0 Å². The third-order valence-corrected chi connectivity index (χ3v) is 4.47. The Kier molecular flexibility index (Phi) is 7.43. The molecule has 9 heteroatoms. The highest BCUT2D eigenvalue weighted by atomic mass is 19.4. The van der Waals surface area contributed by atoms with Gasteiger partial charge in [-0.1, -0.05) is 13.0 Å². The number of hydrogen-bond donors (Lipinski definition) is 1. The maximum absolute atomic E-state index is 13.2. The van der Waals surface area contributed by atoms with E-state index in [-0.39, 0.29) is 18.1 Å². The lowest BCUT2D eigenvalue weighted by molar-refractivity contribution is -0.138. The summed E-state index contributed by atoms with van der Waals surface area (Å²) in [6.07, 6.45) is -4.50. The number of nitrogens with zero attached hydrogens (tertiary/aromatic N) is 1. The Morgan fingerprint density at radius 2 is 1.62 bits per heavy atom. The number of amides is 1. The van der Waals surface area contributed by atoms with Crippen LogP contribution in [0.5, 0.6) is 11.5 Å². The number of ether oxygens (including phenoxy) is 2. The van der Waals surface area contributed by atoms with Crippen LogP contribution >= 0.6 is 0 Å². The zero-order valence-corrected chi connectivity index (χ0v) is 18.5. The Bertz CT molecular complexity index is 979.